The summed E-state index contributed by atoms with van der Waals surface area (Å²) < 4.78 is 14.7. The van der Waals surface area contributed by atoms with E-state index in [1.54, 1.807) is 12.1 Å². The summed E-state index contributed by atoms with van der Waals surface area (Å²) in [4.78, 5) is 0. The van der Waals surface area contributed by atoms with Crippen molar-refractivity contribution in [2.45, 2.75) is 13.1 Å². The normalized spacial score (nSPS) is 10.5. The first kappa shape index (κ1) is 9.93. The molecule has 0 aliphatic rings. The van der Waals surface area contributed by atoms with Gasteiger partial charge in [0, 0.05) is 25.0 Å². The van der Waals surface area contributed by atoms with E-state index in [0.717, 1.165) is 17.8 Å². The van der Waals surface area contributed by atoms with Gasteiger partial charge in [-0.3, -0.25) is 0 Å². The van der Waals surface area contributed by atoms with Crippen LogP contribution in [0.5, 0.6) is 0 Å². The molecule has 1 aromatic heterocycles. The van der Waals surface area contributed by atoms with E-state index in [1.807, 2.05) is 18.3 Å². The van der Waals surface area contributed by atoms with Crippen LogP contribution < -0.4 is 5.73 Å². The first-order valence-corrected chi connectivity index (χ1v) is 4.88. The first-order chi connectivity index (χ1) is 7.29. The van der Waals surface area contributed by atoms with Gasteiger partial charge in [-0.2, -0.15) is 0 Å². The zero-order valence-electron chi connectivity index (χ0n) is 8.36. The second kappa shape index (κ2) is 4.28. The van der Waals surface area contributed by atoms with Gasteiger partial charge >= 0.3 is 0 Å². The topological polar surface area (TPSA) is 30.9 Å². The molecular formula is C12H13FN2. The number of nitrogens with zero attached hydrogens (tertiary/aromatic N) is 1. The van der Waals surface area contributed by atoms with Crippen molar-refractivity contribution in [3.8, 4) is 0 Å². The summed E-state index contributed by atoms with van der Waals surface area (Å²) in [6.45, 7) is 1.26. The van der Waals surface area contributed by atoms with Crippen LogP contribution in [0.1, 0.15) is 11.3 Å². The average Bonchev–Trinajstić information content (AvgIpc) is 2.69. The maximum atomic E-state index is 12.7. The van der Waals surface area contributed by atoms with Crippen LogP contribution >= 0.6 is 0 Å². The van der Waals surface area contributed by atoms with Crippen LogP contribution in [-0.2, 0) is 13.1 Å². The summed E-state index contributed by atoms with van der Waals surface area (Å²) in [7, 11) is 0. The van der Waals surface area contributed by atoms with Crippen LogP contribution in [0.4, 0.5) is 4.39 Å². The monoisotopic (exact) mass is 204 g/mol. The van der Waals surface area contributed by atoms with Crippen molar-refractivity contribution in [3.05, 3.63) is 59.7 Å². The molecule has 0 unspecified atom stereocenters. The van der Waals surface area contributed by atoms with Crippen molar-refractivity contribution in [2.24, 2.45) is 5.73 Å². The second-order valence-corrected chi connectivity index (χ2v) is 3.46. The molecule has 0 atom stereocenters. The number of hydrogen-bond donors (Lipinski definition) is 1. The molecule has 0 spiro atoms. The van der Waals surface area contributed by atoms with Gasteiger partial charge < -0.3 is 10.3 Å². The number of benzene rings is 1. The van der Waals surface area contributed by atoms with Crippen molar-refractivity contribution >= 4 is 0 Å². The zero-order valence-corrected chi connectivity index (χ0v) is 8.36. The zero-order chi connectivity index (χ0) is 10.7. The predicted octanol–water partition coefficient (Wildman–Crippen LogP) is 2.13. The third-order valence-corrected chi connectivity index (χ3v) is 2.40. The standard InChI is InChI=1S/C12H13FN2/c13-11-5-3-10(4-6-11)9-15-7-1-2-12(15)8-14/h1-7H,8-9,14H2. The Hall–Kier alpha value is -1.61. The van der Waals surface area contributed by atoms with Gasteiger partial charge in [0.1, 0.15) is 5.82 Å². The number of nitrogens with two attached hydrogens (primary N) is 1. The lowest BCUT2D eigenvalue weighted by atomic mass is 10.2. The van der Waals surface area contributed by atoms with Crippen molar-refractivity contribution in [2.75, 3.05) is 0 Å². The molecule has 0 fully saturated rings. The number of halogens is 1. The lowest BCUT2D eigenvalue weighted by Gasteiger charge is -2.07. The van der Waals surface area contributed by atoms with Crippen molar-refractivity contribution in [1.82, 2.24) is 4.57 Å². The van der Waals surface area contributed by atoms with Gasteiger partial charge in [-0.15, -0.1) is 0 Å². The van der Waals surface area contributed by atoms with E-state index in [-0.39, 0.29) is 5.82 Å². The molecule has 3 heteroatoms. The minimum absolute atomic E-state index is 0.203. The molecule has 0 radical (unpaired) electrons. The molecule has 0 bridgehead atoms. The molecule has 2 aromatic rings. The fourth-order valence-electron chi connectivity index (χ4n) is 1.58. The van der Waals surface area contributed by atoms with E-state index in [0.29, 0.717) is 6.54 Å². The van der Waals surface area contributed by atoms with E-state index >= 15 is 0 Å². The molecule has 15 heavy (non-hydrogen) atoms. The molecule has 0 saturated heterocycles. The Bertz CT molecular complexity index is 431. The first-order valence-electron chi connectivity index (χ1n) is 4.88. The third-order valence-electron chi connectivity index (χ3n) is 2.40. The molecule has 2 rings (SSSR count). The van der Waals surface area contributed by atoms with E-state index in [4.69, 9.17) is 5.73 Å². The van der Waals surface area contributed by atoms with E-state index in [2.05, 4.69) is 4.57 Å². The molecule has 0 aliphatic carbocycles. The molecule has 2 N–H and O–H groups in total. The Balaban J connectivity index is 2.18. The molecule has 78 valence electrons. The number of hydrogen-bond acceptors (Lipinski definition) is 1. The van der Waals surface area contributed by atoms with Gasteiger partial charge in [-0.05, 0) is 29.8 Å². The summed E-state index contributed by atoms with van der Waals surface area (Å²) in [6, 6.07) is 10.5. The largest absolute Gasteiger partial charge is 0.346 e. The van der Waals surface area contributed by atoms with Crippen LogP contribution in [0.2, 0.25) is 0 Å². The molecule has 0 saturated carbocycles. The Labute approximate surface area is 88.1 Å². The SMILES string of the molecule is NCc1cccn1Cc1ccc(F)cc1. The van der Waals surface area contributed by atoms with Gasteiger partial charge in [0.15, 0.2) is 0 Å². The van der Waals surface area contributed by atoms with Gasteiger partial charge in [-0.1, -0.05) is 12.1 Å². The lowest BCUT2D eigenvalue weighted by molar-refractivity contribution is 0.626. The molecule has 1 heterocycles. The summed E-state index contributed by atoms with van der Waals surface area (Å²) in [5.74, 6) is -0.203. The van der Waals surface area contributed by atoms with Crippen LogP contribution in [-0.4, -0.2) is 4.57 Å². The molecule has 0 aliphatic heterocycles. The predicted molar refractivity (Wildman–Crippen MR) is 57.8 cm³/mol. The van der Waals surface area contributed by atoms with E-state index in [1.165, 1.54) is 12.1 Å². The fourth-order valence-corrected chi connectivity index (χ4v) is 1.58. The maximum absolute atomic E-state index is 12.7. The summed E-state index contributed by atoms with van der Waals surface area (Å²) >= 11 is 0. The van der Waals surface area contributed by atoms with Crippen molar-refractivity contribution in [3.63, 3.8) is 0 Å². The third kappa shape index (κ3) is 2.25. The van der Waals surface area contributed by atoms with Crippen LogP contribution in [0.15, 0.2) is 42.6 Å². The van der Waals surface area contributed by atoms with Gasteiger partial charge in [-0.25, -0.2) is 4.39 Å². The molecule has 0 amide bonds. The molecular weight excluding hydrogens is 191 g/mol. The molecule has 1 aromatic carbocycles. The highest BCUT2D eigenvalue weighted by molar-refractivity contribution is 5.18. The average molecular weight is 204 g/mol. The minimum Gasteiger partial charge on any atom is -0.346 e. The quantitative estimate of drug-likeness (QED) is 0.815. The summed E-state index contributed by atoms with van der Waals surface area (Å²) in [5, 5.41) is 0. The minimum atomic E-state index is -0.203. The number of aromatic nitrogens is 1. The summed E-state index contributed by atoms with van der Waals surface area (Å²) in [5.41, 5.74) is 7.75. The Morgan fingerprint density at radius 2 is 1.87 bits per heavy atom. The Morgan fingerprint density at radius 1 is 1.13 bits per heavy atom. The second-order valence-electron chi connectivity index (χ2n) is 3.46. The highest BCUT2D eigenvalue weighted by Gasteiger charge is 1.99. The summed E-state index contributed by atoms with van der Waals surface area (Å²) in [6.07, 6.45) is 1.98. The highest BCUT2D eigenvalue weighted by Crippen LogP contribution is 2.08. The van der Waals surface area contributed by atoms with Crippen molar-refractivity contribution < 1.29 is 4.39 Å². The van der Waals surface area contributed by atoms with Gasteiger partial charge in [0.2, 0.25) is 0 Å². The van der Waals surface area contributed by atoms with E-state index < -0.39 is 0 Å². The fraction of sp³-hybridized carbons (Fsp3) is 0.167. The van der Waals surface area contributed by atoms with Crippen LogP contribution in [0.3, 0.4) is 0 Å². The highest BCUT2D eigenvalue weighted by atomic mass is 19.1. The van der Waals surface area contributed by atoms with E-state index in [9.17, 15) is 4.39 Å². The lowest BCUT2D eigenvalue weighted by Crippen LogP contribution is -2.07. The van der Waals surface area contributed by atoms with Gasteiger partial charge in [0.05, 0.1) is 0 Å². The van der Waals surface area contributed by atoms with Crippen molar-refractivity contribution in [1.29, 1.82) is 0 Å². The Morgan fingerprint density at radius 3 is 2.53 bits per heavy atom. The molecule has 2 nitrogen and oxygen atoms in total. The van der Waals surface area contributed by atoms with Crippen LogP contribution in [0.25, 0.3) is 0 Å². The maximum Gasteiger partial charge on any atom is 0.123 e. The van der Waals surface area contributed by atoms with Gasteiger partial charge in [0.25, 0.3) is 0 Å². The Kier molecular flexibility index (Phi) is 2.83. The van der Waals surface area contributed by atoms with Crippen LogP contribution in [0, 0.1) is 5.82 Å². The number of rotatable bonds is 3. The smallest absolute Gasteiger partial charge is 0.123 e.